The largest absolute Gasteiger partial charge is 0.478 e. The van der Waals surface area contributed by atoms with Crippen molar-refractivity contribution >= 4 is 21.9 Å². The molecule has 47 heavy (non-hydrogen) atoms. The van der Waals surface area contributed by atoms with Gasteiger partial charge in [0.2, 0.25) is 11.8 Å². The summed E-state index contributed by atoms with van der Waals surface area (Å²) in [7, 11) is -4.21. The van der Waals surface area contributed by atoms with E-state index in [1.165, 1.54) is 18.2 Å². The zero-order chi connectivity index (χ0) is 33.8. The molecule has 2 heterocycles. The Kier molecular flexibility index (Phi) is 10.5. The molecule has 2 aliphatic rings. The van der Waals surface area contributed by atoms with Gasteiger partial charge in [0.25, 0.3) is 10.0 Å². The third-order valence-corrected chi connectivity index (χ3v) is 10.0. The van der Waals surface area contributed by atoms with E-state index in [1.807, 2.05) is 32.0 Å². The number of sulfonamides is 1. The lowest BCUT2D eigenvalue weighted by Crippen LogP contribution is -2.43. The van der Waals surface area contributed by atoms with E-state index in [1.54, 1.807) is 6.07 Å². The highest BCUT2D eigenvalue weighted by molar-refractivity contribution is 7.92. The Bertz CT molecular complexity index is 1650. The van der Waals surface area contributed by atoms with Crippen LogP contribution >= 0.6 is 0 Å². The second-order valence-electron chi connectivity index (χ2n) is 13.9. The smallest absolute Gasteiger partial charge is 0.335 e. The first kappa shape index (κ1) is 34.7. The summed E-state index contributed by atoms with van der Waals surface area (Å²) in [4.78, 5) is 20.3. The number of anilines is 1. The molecular weight excluding hydrogens is 620 g/mol. The minimum atomic E-state index is -4.21. The van der Waals surface area contributed by atoms with Crippen molar-refractivity contribution in [2.24, 2.45) is 11.3 Å². The van der Waals surface area contributed by atoms with E-state index in [4.69, 9.17) is 14.2 Å². The monoisotopic (exact) mass is 666 g/mol. The van der Waals surface area contributed by atoms with Crippen LogP contribution in [0.15, 0.2) is 53.4 Å². The number of ether oxygens (including phenoxy) is 3. The fraction of sp³-hybridized carbons (Fsp3) is 0.514. The van der Waals surface area contributed by atoms with E-state index in [0.29, 0.717) is 31.4 Å². The van der Waals surface area contributed by atoms with Gasteiger partial charge in [-0.2, -0.15) is 4.98 Å². The minimum Gasteiger partial charge on any atom is -0.478 e. The lowest BCUT2D eigenvalue weighted by atomic mass is 9.84. The number of hydrogen-bond donors (Lipinski definition) is 3. The molecule has 1 aromatic heterocycles. The molecule has 1 aliphatic heterocycles. The van der Waals surface area contributed by atoms with Crippen LogP contribution in [0.25, 0.3) is 11.3 Å². The number of hydrogen-bond acceptors (Lipinski definition) is 9. The molecular formula is C35H46N4O7S. The highest BCUT2D eigenvalue weighted by Gasteiger charge is 2.40. The van der Waals surface area contributed by atoms with E-state index < -0.39 is 16.0 Å². The first-order valence-corrected chi connectivity index (χ1v) is 17.7. The van der Waals surface area contributed by atoms with E-state index in [2.05, 4.69) is 40.8 Å². The summed E-state index contributed by atoms with van der Waals surface area (Å²) in [6, 6.07) is 12.8. The summed E-state index contributed by atoms with van der Waals surface area (Å²) < 4.78 is 47.3. The summed E-state index contributed by atoms with van der Waals surface area (Å²) in [5.41, 5.74) is 3.18. The number of aromatic carboxylic acids is 1. The summed E-state index contributed by atoms with van der Waals surface area (Å²) in [5, 5.41) is 13.1. The Balaban J connectivity index is 1.37. The second kappa shape index (κ2) is 14.3. The molecule has 1 atom stereocenters. The summed E-state index contributed by atoms with van der Waals surface area (Å²) in [6.07, 6.45) is 4.71. The van der Waals surface area contributed by atoms with Crippen molar-refractivity contribution in [1.29, 1.82) is 0 Å². The van der Waals surface area contributed by atoms with Gasteiger partial charge in [-0.05, 0) is 80.3 Å². The third-order valence-electron chi connectivity index (χ3n) is 8.72. The lowest BCUT2D eigenvalue weighted by Gasteiger charge is -2.36. The fourth-order valence-electron chi connectivity index (χ4n) is 6.42. The third kappa shape index (κ3) is 9.07. The van der Waals surface area contributed by atoms with Crippen molar-refractivity contribution < 1.29 is 32.5 Å². The van der Waals surface area contributed by atoms with Crippen LogP contribution in [-0.2, 0) is 19.5 Å². The van der Waals surface area contributed by atoms with E-state index in [9.17, 15) is 18.3 Å². The van der Waals surface area contributed by atoms with Crippen LogP contribution in [0.1, 0.15) is 74.4 Å². The maximum Gasteiger partial charge on any atom is 0.335 e. The molecule has 2 aromatic carbocycles. The molecule has 0 unspecified atom stereocenters. The number of benzene rings is 2. The highest BCUT2D eigenvalue weighted by Crippen LogP contribution is 2.38. The molecule has 11 nitrogen and oxygen atoms in total. The van der Waals surface area contributed by atoms with Crippen molar-refractivity contribution in [2.45, 2.75) is 83.4 Å². The van der Waals surface area contributed by atoms with Gasteiger partial charge in [-0.25, -0.2) is 22.9 Å². The molecule has 1 aliphatic carbocycles. The van der Waals surface area contributed by atoms with Gasteiger partial charge in [-0.1, -0.05) is 45.0 Å². The van der Waals surface area contributed by atoms with Crippen molar-refractivity contribution in [3.8, 4) is 17.1 Å². The Morgan fingerprint density at radius 2 is 1.70 bits per heavy atom. The molecule has 2 fully saturated rings. The van der Waals surface area contributed by atoms with Crippen LogP contribution in [0.5, 0.6) is 5.88 Å². The Labute approximate surface area is 277 Å². The van der Waals surface area contributed by atoms with Crippen LogP contribution in [0.2, 0.25) is 0 Å². The molecule has 12 heteroatoms. The number of nitrogens with zero attached hydrogens (tertiary/aromatic N) is 2. The molecule has 254 valence electrons. The normalized spacial score (nSPS) is 17.5. The van der Waals surface area contributed by atoms with Gasteiger partial charge in [0.1, 0.15) is 6.61 Å². The number of nitrogens with one attached hydrogen (secondary N) is 2. The standard InChI is InChI=1S/C35H46N4O7S/c1-23-8-6-9-24(2)31(23)29-19-30(38-33(37-29)39-47(42,43)28-11-7-10-26(18-28)32(40)41)44-22-27(20-34(3,4)5)36-21-25-12-14-35(15-13-25)45-16-17-46-35/h6-11,18-19,25,27,36H,12-17,20-22H2,1-5H3,(H,40,41)(H,37,38,39)/t27-/m1/s1. The molecule has 0 amide bonds. The van der Waals surface area contributed by atoms with E-state index in [0.717, 1.165) is 61.4 Å². The van der Waals surface area contributed by atoms with Crippen molar-refractivity contribution in [3.63, 3.8) is 0 Å². The lowest BCUT2D eigenvalue weighted by molar-refractivity contribution is -0.182. The van der Waals surface area contributed by atoms with E-state index >= 15 is 0 Å². The Morgan fingerprint density at radius 1 is 1.04 bits per heavy atom. The molecule has 1 saturated heterocycles. The van der Waals surface area contributed by atoms with Gasteiger partial charge in [0.05, 0.1) is 29.4 Å². The average Bonchev–Trinajstić information content (AvgIpc) is 3.46. The zero-order valence-electron chi connectivity index (χ0n) is 27.8. The molecule has 1 spiro atoms. The maximum atomic E-state index is 13.4. The fourth-order valence-corrected chi connectivity index (χ4v) is 7.41. The predicted octanol–water partition coefficient (Wildman–Crippen LogP) is 5.97. The van der Waals surface area contributed by atoms with Crippen molar-refractivity contribution in [3.05, 3.63) is 65.2 Å². The zero-order valence-corrected chi connectivity index (χ0v) is 28.7. The van der Waals surface area contributed by atoms with Crippen LogP contribution in [0.3, 0.4) is 0 Å². The van der Waals surface area contributed by atoms with Crippen LogP contribution in [-0.4, -0.2) is 67.7 Å². The van der Waals surface area contributed by atoms with Gasteiger partial charge in [0, 0.05) is 30.5 Å². The van der Waals surface area contributed by atoms with Crippen LogP contribution in [0.4, 0.5) is 5.95 Å². The van der Waals surface area contributed by atoms with Crippen LogP contribution < -0.4 is 14.8 Å². The van der Waals surface area contributed by atoms with Crippen molar-refractivity contribution in [2.75, 3.05) is 31.1 Å². The molecule has 1 saturated carbocycles. The van der Waals surface area contributed by atoms with Gasteiger partial charge in [0.15, 0.2) is 5.79 Å². The molecule has 0 bridgehead atoms. The predicted molar refractivity (Wildman–Crippen MR) is 179 cm³/mol. The van der Waals surface area contributed by atoms with Crippen LogP contribution in [0, 0.1) is 25.2 Å². The average molecular weight is 667 g/mol. The first-order valence-electron chi connectivity index (χ1n) is 16.2. The number of aryl methyl sites for hydroxylation is 2. The maximum absolute atomic E-state index is 13.4. The quantitative estimate of drug-likeness (QED) is 0.211. The molecule has 3 N–H and O–H groups in total. The number of carbonyl (C=O) groups is 1. The van der Waals surface area contributed by atoms with Gasteiger partial charge < -0.3 is 24.6 Å². The van der Waals surface area contributed by atoms with Crippen molar-refractivity contribution in [1.82, 2.24) is 15.3 Å². The Hall–Kier alpha value is -3.58. The minimum absolute atomic E-state index is 0.0161. The highest BCUT2D eigenvalue weighted by atomic mass is 32.2. The number of rotatable bonds is 12. The first-order chi connectivity index (χ1) is 22.2. The van der Waals surface area contributed by atoms with E-state index in [-0.39, 0.29) is 39.5 Å². The number of carboxylic acids is 1. The topological polar surface area (TPSA) is 149 Å². The van der Waals surface area contributed by atoms with Gasteiger partial charge >= 0.3 is 5.97 Å². The van der Waals surface area contributed by atoms with Gasteiger partial charge in [-0.15, -0.1) is 0 Å². The summed E-state index contributed by atoms with van der Waals surface area (Å²) >= 11 is 0. The molecule has 5 rings (SSSR count). The number of carboxylic acid groups (broad SMARTS) is 1. The Morgan fingerprint density at radius 3 is 2.34 bits per heavy atom. The summed E-state index contributed by atoms with van der Waals surface area (Å²) in [6.45, 7) is 13.0. The second-order valence-corrected chi connectivity index (χ2v) is 15.5. The SMILES string of the molecule is Cc1cccc(C)c1-c1cc(OC[C@@H](CC(C)(C)C)NCC2CCC3(CC2)OCCO3)nc(NS(=O)(=O)c2cccc(C(=O)O)c2)n1. The molecule has 0 radical (unpaired) electrons. The molecule has 3 aromatic rings. The van der Waals surface area contributed by atoms with Gasteiger partial charge in [-0.3, -0.25) is 0 Å². The number of aromatic nitrogens is 2. The summed E-state index contributed by atoms with van der Waals surface area (Å²) in [5.74, 6) is -1.05.